The van der Waals surface area contributed by atoms with Crippen LogP contribution in [-0.4, -0.2) is 37.1 Å². The second-order valence-corrected chi connectivity index (χ2v) is 6.67. The van der Waals surface area contributed by atoms with Gasteiger partial charge in [-0.3, -0.25) is 4.79 Å². The van der Waals surface area contributed by atoms with Crippen LogP contribution >= 0.6 is 0 Å². The maximum Gasteiger partial charge on any atom is 0.227 e. The van der Waals surface area contributed by atoms with E-state index in [4.69, 9.17) is 9.47 Å². The minimum Gasteiger partial charge on any atom is -0.497 e. The van der Waals surface area contributed by atoms with Crippen LogP contribution in [0.5, 0.6) is 5.75 Å². The number of methoxy groups -OCH3 is 1. The smallest absolute Gasteiger partial charge is 0.227 e. The van der Waals surface area contributed by atoms with Gasteiger partial charge < -0.3 is 14.4 Å². The highest BCUT2D eigenvalue weighted by atomic mass is 16.5. The predicted octanol–water partition coefficient (Wildman–Crippen LogP) is 3.53. The summed E-state index contributed by atoms with van der Waals surface area (Å²) in [6.07, 6.45) is 0.362. The van der Waals surface area contributed by atoms with Crippen molar-refractivity contribution in [3.8, 4) is 5.75 Å². The monoisotopic (exact) mass is 339 g/mol. The van der Waals surface area contributed by atoms with Crippen molar-refractivity contribution in [2.24, 2.45) is 0 Å². The maximum atomic E-state index is 12.7. The third-order valence-corrected chi connectivity index (χ3v) is 4.58. The highest BCUT2D eigenvalue weighted by Crippen LogP contribution is 2.26. The van der Waals surface area contributed by atoms with Crippen LogP contribution < -0.4 is 4.74 Å². The molecule has 1 heterocycles. The molecule has 0 N–H and O–H groups in total. The van der Waals surface area contributed by atoms with Gasteiger partial charge in [-0.2, -0.15) is 0 Å². The van der Waals surface area contributed by atoms with E-state index in [0.717, 1.165) is 16.9 Å². The predicted molar refractivity (Wildman–Crippen MR) is 97.7 cm³/mol. The van der Waals surface area contributed by atoms with E-state index >= 15 is 0 Å². The van der Waals surface area contributed by atoms with Crippen molar-refractivity contribution in [1.29, 1.82) is 0 Å². The van der Waals surface area contributed by atoms with Crippen LogP contribution in [0.4, 0.5) is 0 Å². The van der Waals surface area contributed by atoms with Crippen molar-refractivity contribution in [3.05, 3.63) is 65.2 Å². The quantitative estimate of drug-likeness (QED) is 0.855. The van der Waals surface area contributed by atoms with Gasteiger partial charge >= 0.3 is 0 Å². The van der Waals surface area contributed by atoms with Gasteiger partial charge in [-0.25, -0.2) is 0 Å². The summed E-state index contributed by atoms with van der Waals surface area (Å²) in [6.45, 7) is 5.33. The minimum atomic E-state index is -0.0656. The normalized spacial score (nSPS) is 20.4. The first kappa shape index (κ1) is 17.5. The minimum absolute atomic E-state index is 0.0277. The summed E-state index contributed by atoms with van der Waals surface area (Å²) in [6, 6.07) is 16.0. The molecule has 1 saturated heterocycles. The molecule has 1 amide bonds. The number of nitrogens with zero attached hydrogens (tertiary/aromatic N) is 1. The molecule has 0 aliphatic carbocycles. The SMILES string of the molecule is COc1ccc(CC(=O)N2CC(C)OC(c3ccc(C)cc3)C2)cc1. The van der Waals surface area contributed by atoms with Crippen LogP contribution in [0.25, 0.3) is 0 Å². The third kappa shape index (κ3) is 4.40. The van der Waals surface area contributed by atoms with Crippen LogP contribution in [0, 0.1) is 6.92 Å². The summed E-state index contributed by atoms with van der Waals surface area (Å²) >= 11 is 0. The van der Waals surface area contributed by atoms with Crippen molar-refractivity contribution in [3.63, 3.8) is 0 Å². The zero-order valence-corrected chi connectivity index (χ0v) is 15.1. The first-order valence-corrected chi connectivity index (χ1v) is 8.68. The van der Waals surface area contributed by atoms with E-state index in [-0.39, 0.29) is 18.1 Å². The maximum absolute atomic E-state index is 12.7. The fourth-order valence-electron chi connectivity index (χ4n) is 3.15. The number of ether oxygens (including phenoxy) is 2. The summed E-state index contributed by atoms with van der Waals surface area (Å²) < 4.78 is 11.2. The Balaban J connectivity index is 1.67. The fraction of sp³-hybridized carbons (Fsp3) is 0.381. The van der Waals surface area contributed by atoms with Crippen LogP contribution in [-0.2, 0) is 16.0 Å². The van der Waals surface area contributed by atoms with E-state index in [9.17, 15) is 4.79 Å². The van der Waals surface area contributed by atoms with E-state index in [2.05, 4.69) is 31.2 Å². The Bertz CT molecular complexity index is 709. The average molecular weight is 339 g/mol. The van der Waals surface area contributed by atoms with E-state index in [1.165, 1.54) is 5.56 Å². The molecule has 0 aromatic heterocycles. The molecule has 132 valence electrons. The van der Waals surface area contributed by atoms with Crippen LogP contribution in [0.15, 0.2) is 48.5 Å². The number of benzene rings is 2. The number of amides is 1. The summed E-state index contributed by atoms with van der Waals surface area (Å²) in [5, 5.41) is 0. The molecule has 4 heteroatoms. The standard InChI is InChI=1S/C21H25NO3/c1-15-4-8-18(9-5-15)20-14-22(13-16(2)25-20)21(23)12-17-6-10-19(24-3)11-7-17/h4-11,16,20H,12-14H2,1-3H3. The summed E-state index contributed by atoms with van der Waals surface area (Å²) in [4.78, 5) is 14.7. The molecule has 3 rings (SSSR count). The lowest BCUT2D eigenvalue weighted by atomic mass is 10.0. The van der Waals surface area contributed by atoms with Crippen molar-refractivity contribution < 1.29 is 14.3 Å². The van der Waals surface area contributed by atoms with Gasteiger partial charge in [0.2, 0.25) is 5.91 Å². The molecule has 25 heavy (non-hydrogen) atoms. The van der Waals surface area contributed by atoms with Gasteiger partial charge in [0.25, 0.3) is 0 Å². The Morgan fingerprint density at radius 2 is 1.80 bits per heavy atom. The van der Waals surface area contributed by atoms with Gasteiger partial charge in [-0.05, 0) is 37.1 Å². The molecule has 4 nitrogen and oxygen atoms in total. The zero-order chi connectivity index (χ0) is 17.8. The number of hydrogen-bond acceptors (Lipinski definition) is 3. The first-order valence-electron chi connectivity index (χ1n) is 8.68. The molecule has 1 aliphatic rings. The molecule has 2 aromatic rings. The van der Waals surface area contributed by atoms with Gasteiger partial charge in [0.05, 0.1) is 26.2 Å². The number of rotatable bonds is 4. The molecule has 1 fully saturated rings. The van der Waals surface area contributed by atoms with E-state index < -0.39 is 0 Å². The molecule has 0 saturated carbocycles. The highest BCUT2D eigenvalue weighted by Gasteiger charge is 2.29. The van der Waals surface area contributed by atoms with Crippen molar-refractivity contribution in [1.82, 2.24) is 4.90 Å². The van der Waals surface area contributed by atoms with Crippen LogP contribution in [0.3, 0.4) is 0 Å². The molecule has 2 aromatic carbocycles. The van der Waals surface area contributed by atoms with Gasteiger partial charge in [0.15, 0.2) is 0 Å². The Hall–Kier alpha value is -2.33. The number of carbonyl (C=O) groups excluding carboxylic acids is 1. The lowest BCUT2D eigenvalue weighted by molar-refractivity contribution is -0.144. The van der Waals surface area contributed by atoms with E-state index in [0.29, 0.717) is 19.5 Å². The second kappa shape index (κ2) is 7.70. The number of morpholine rings is 1. The number of hydrogen-bond donors (Lipinski definition) is 0. The summed E-state index contributed by atoms with van der Waals surface area (Å²) in [5.74, 6) is 0.938. The lowest BCUT2D eigenvalue weighted by Gasteiger charge is -2.37. The van der Waals surface area contributed by atoms with Gasteiger partial charge in [-0.15, -0.1) is 0 Å². The fourth-order valence-corrected chi connectivity index (χ4v) is 3.15. The second-order valence-electron chi connectivity index (χ2n) is 6.67. The Kier molecular flexibility index (Phi) is 5.39. The average Bonchev–Trinajstić information content (AvgIpc) is 2.62. The van der Waals surface area contributed by atoms with Gasteiger partial charge in [0, 0.05) is 6.54 Å². The van der Waals surface area contributed by atoms with E-state index in [1.54, 1.807) is 7.11 Å². The van der Waals surface area contributed by atoms with Crippen molar-refractivity contribution in [2.75, 3.05) is 20.2 Å². The third-order valence-electron chi connectivity index (χ3n) is 4.58. The largest absolute Gasteiger partial charge is 0.497 e. The topological polar surface area (TPSA) is 38.8 Å². The van der Waals surface area contributed by atoms with Gasteiger partial charge in [0.1, 0.15) is 11.9 Å². The Labute approximate surface area is 149 Å². The van der Waals surface area contributed by atoms with Gasteiger partial charge in [-0.1, -0.05) is 42.0 Å². The van der Waals surface area contributed by atoms with Crippen molar-refractivity contribution >= 4 is 5.91 Å². The Morgan fingerprint density at radius 1 is 1.12 bits per heavy atom. The lowest BCUT2D eigenvalue weighted by Crippen LogP contribution is -2.46. The molecule has 0 spiro atoms. The van der Waals surface area contributed by atoms with Crippen LogP contribution in [0.2, 0.25) is 0 Å². The molecule has 0 radical (unpaired) electrons. The van der Waals surface area contributed by atoms with Crippen LogP contribution in [0.1, 0.15) is 29.7 Å². The zero-order valence-electron chi connectivity index (χ0n) is 15.1. The summed E-state index contributed by atoms with van der Waals surface area (Å²) in [7, 11) is 1.64. The highest BCUT2D eigenvalue weighted by molar-refractivity contribution is 5.79. The summed E-state index contributed by atoms with van der Waals surface area (Å²) in [5.41, 5.74) is 3.34. The molecule has 0 bridgehead atoms. The molecular formula is C21H25NO3. The molecular weight excluding hydrogens is 314 g/mol. The molecule has 2 atom stereocenters. The first-order chi connectivity index (χ1) is 12.0. The van der Waals surface area contributed by atoms with E-state index in [1.807, 2.05) is 36.1 Å². The molecule has 1 aliphatic heterocycles. The number of carbonyl (C=O) groups is 1. The molecule has 2 unspecified atom stereocenters. The Morgan fingerprint density at radius 3 is 2.44 bits per heavy atom. The number of aryl methyl sites for hydroxylation is 1. The van der Waals surface area contributed by atoms with Crippen molar-refractivity contribution in [2.45, 2.75) is 32.5 Å².